The first-order valence-corrected chi connectivity index (χ1v) is 11.4. The number of sulfonamides is 2. The Bertz CT molecular complexity index is 1110. The van der Waals surface area contributed by atoms with Crippen LogP contribution in [0.15, 0.2) is 52.3 Å². The predicted octanol–water partition coefficient (Wildman–Crippen LogP) is 1.69. The Kier molecular flexibility index (Phi) is 5.71. The number of aryl methyl sites for hydroxylation is 1. The second-order valence-electron chi connectivity index (χ2n) is 6.24. The molecule has 10 heteroatoms. The third-order valence-corrected chi connectivity index (χ3v) is 7.76. The zero-order valence-corrected chi connectivity index (χ0v) is 16.8. The molecule has 1 fully saturated rings. The number of nitrogens with one attached hydrogen (secondary N) is 1. The molecule has 148 valence electrons. The van der Waals surface area contributed by atoms with Gasteiger partial charge in [0.25, 0.3) is 10.0 Å². The van der Waals surface area contributed by atoms with Gasteiger partial charge in [0.2, 0.25) is 10.0 Å². The van der Waals surface area contributed by atoms with Crippen LogP contribution in [0.25, 0.3) is 0 Å². The molecule has 0 unspecified atom stereocenters. The summed E-state index contributed by atoms with van der Waals surface area (Å²) in [6.07, 6.45) is 0. The first kappa shape index (κ1) is 20.3. The van der Waals surface area contributed by atoms with Crippen LogP contribution >= 0.6 is 0 Å². The molecule has 0 amide bonds. The van der Waals surface area contributed by atoms with Gasteiger partial charge in [-0.15, -0.1) is 0 Å². The topological polar surface area (TPSA) is 117 Å². The fraction of sp³-hybridized carbons (Fsp3) is 0.278. The Labute approximate surface area is 164 Å². The monoisotopic (exact) mass is 421 g/mol. The Hall–Kier alpha value is -2.45. The molecule has 3 rings (SSSR count). The summed E-state index contributed by atoms with van der Waals surface area (Å²) in [7, 11) is -7.69. The number of hydrogen-bond donors (Lipinski definition) is 1. The molecule has 1 saturated heterocycles. The molecule has 0 bridgehead atoms. The van der Waals surface area contributed by atoms with Crippen molar-refractivity contribution >= 4 is 25.7 Å². The highest BCUT2D eigenvalue weighted by Gasteiger charge is 2.28. The average Bonchev–Trinajstić information content (AvgIpc) is 2.70. The Morgan fingerprint density at radius 2 is 1.68 bits per heavy atom. The van der Waals surface area contributed by atoms with Crippen LogP contribution in [0, 0.1) is 18.3 Å². The van der Waals surface area contributed by atoms with Gasteiger partial charge in [0.15, 0.2) is 0 Å². The van der Waals surface area contributed by atoms with Gasteiger partial charge < -0.3 is 4.74 Å². The van der Waals surface area contributed by atoms with E-state index in [1.807, 2.05) is 6.07 Å². The summed E-state index contributed by atoms with van der Waals surface area (Å²) in [5.41, 5.74) is 1.00. The van der Waals surface area contributed by atoms with Gasteiger partial charge in [-0.25, -0.2) is 16.8 Å². The summed E-state index contributed by atoms with van der Waals surface area (Å²) in [6.45, 7) is 2.81. The number of hydrogen-bond acceptors (Lipinski definition) is 6. The molecular weight excluding hydrogens is 402 g/mol. The van der Waals surface area contributed by atoms with E-state index in [0.717, 1.165) is 0 Å². The number of ether oxygens (including phenoxy) is 1. The minimum Gasteiger partial charge on any atom is -0.379 e. The summed E-state index contributed by atoms with van der Waals surface area (Å²) in [5.74, 6) is 0. The highest BCUT2D eigenvalue weighted by atomic mass is 32.2. The van der Waals surface area contributed by atoms with Gasteiger partial charge in [0, 0.05) is 13.1 Å². The standard InChI is InChI=1S/C18H19N3O5S2/c1-14-2-5-16(12-18(14)28(24,25)21-8-10-26-11-9-21)20-27(22,23)17-6-3-15(13-19)4-7-17/h2-7,12,20H,8-11H2,1H3. The Morgan fingerprint density at radius 3 is 2.29 bits per heavy atom. The molecule has 8 nitrogen and oxygen atoms in total. The summed E-state index contributed by atoms with van der Waals surface area (Å²) < 4.78 is 59.9. The van der Waals surface area contributed by atoms with Crippen molar-refractivity contribution in [1.29, 1.82) is 5.26 Å². The van der Waals surface area contributed by atoms with Gasteiger partial charge in [0.1, 0.15) is 0 Å². The van der Waals surface area contributed by atoms with Crippen LogP contribution in [-0.4, -0.2) is 47.4 Å². The number of rotatable bonds is 5. The van der Waals surface area contributed by atoms with Gasteiger partial charge in [-0.05, 0) is 48.9 Å². The van der Waals surface area contributed by atoms with E-state index in [4.69, 9.17) is 10.00 Å². The quantitative estimate of drug-likeness (QED) is 0.785. The summed E-state index contributed by atoms with van der Waals surface area (Å²) in [6, 6.07) is 11.8. The minimum absolute atomic E-state index is 0.0235. The van der Waals surface area contributed by atoms with Crippen LogP contribution in [0.5, 0.6) is 0 Å². The number of nitrogens with zero attached hydrogens (tertiary/aromatic N) is 2. The zero-order valence-electron chi connectivity index (χ0n) is 15.1. The maximum atomic E-state index is 12.9. The van der Waals surface area contributed by atoms with Crippen molar-refractivity contribution in [2.75, 3.05) is 31.0 Å². The third kappa shape index (κ3) is 4.18. The first-order chi connectivity index (χ1) is 13.2. The van der Waals surface area contributed by atoms with Crippen molar-refractivity contribution in [2.45, 2.75) is 16.7 Å². The van der Waals surface area contributed by atoms with Gasteiger partial charge in [-0.3, -0.25) is 4.72 Å². The molecule has 0 spiro atoms. The van der Waals surface area contributed by atoms with E-state index in [9.17, 15) is 16.8 Å². The van der Waals surface area contributed by atoms with Crippen molar-refractivity contribution in [3.05, 3.63) is 53.6 Å². The molecular formula is C18H19N3O5S2. The van der Waals surface area contributed by atoms with E-state index < -0.39 is 20.0 Å². The smallest absolute Gasteiger partial charge is 0.261 e. The molecule has 0 aliphatic carbocycles. The summed E-state index contributed by atoms with van der Waals surface area (Å²) in [5, 5.41) is 8.82. The normalized spacial score (nSPS) is 15.7. The fourth-order valence-electron chi connectivity index (χ4n) is 2.79. The van der Waals surface area contributed by atoms with E-state index in [1.54, 1.807) is 13.0 Å². The van der Waals surface area contributed by atoms with Crippen LogP contribution in [-0.2, 0) is 24.8 Å². The minimum atomic E-state index is -3.93. The van der Waals surface area contributed by atoms with Crippen molar-refractivity contribution in [3.63, 3.8) is 0 Å². The fourth-order valence-corrected chi connectivity index (χ4v) is 5.50. The zero-order chi connectivity index (χ0) is 20.4. The van der Waals surface area contributed by atoms with Gasteiger partial charge in [0.05, 0.1) is 40.3 Å². The lowest BCUT2D eigenvalue weighted by Crippen LogP contribution is -2.40. The molecule has 1 aliphatic heterocycles. The average molecular weight is 422 g/mol. The molecule has 0 radical (unpaired) electrons. The lowest BCUT2D eigenvalue weighted by atomic mass is 10.2. The summed E-state index contributed by atoms with van der Waals surface area (Å²) in [4.78, 5) is 0.0269. The maximum Gasteiger partial charge on any atom is 0.261 e. The number of anilines is 1. The van der Waals surface area contributed by atoms with E-state index in [1.165, 1.54) is 40.7 Å². The third-order valence-electron chi connectivity index (χ3n) is 4.32. The van der Waals surface area contributed by atoms with E-state index in [-0.39, 0.29) is 28.6 Å². The second kappa shape index (κ2) is 7.89. The van der Waals surface area contributed by atoms with Crippen LogP contribution in [0.1, 0.15) is 11.1 Å². The van der Waals surface area contributed by atoms with E-state index in [2.05, 4.69) is 4.72 Å². The molecule has 1 heterocycles. The van der Waals surface area contributed by atoms with Crippen LogP contribution < -0.4 is 4.72 Å². The predicted molar refractivity (Wildman–Crippen MR) is 103 cm³/mol. The van der Waals surface area contributed by atoms with Gasteiger partial charge in [-0.1, -0.05) is 6.07 Å². The van der Waals surface area contributed by atoms with Gasteiger partial charge in [-0.2, -0.15) is 9.57 Å². The molecule has 1 N–H and O–H groups in total. The van der Waals surface area contributed by atoms with Crippen LogP contribution in [0.4, 0.5) is 5.69 Å². The number of nitriles is 1. The Morgan fingerprint density at radius 1 is 1.04 bits per heavy atom. The molecule has 28 heavy (non-hydrogen) atoms. The van der Waals surface area contributed by atoms with Gasteiger partial charge >= 0.3 is 0 Å². The van der Waals surface area contributed by atoms with Crippen molar-refractivity contribution in [2.24, 2.45) is 0 Å². The van der Waals surface area contributed by atoms with Crippen LogP contribution in [0.2, 0.25) is 0 Å². The Balaban J connectivity index is 1.91. The SMILES string of the molecule is Cc1ccc(NS(=O)(=O)c2ccc(C#N)cc2)cc1S(=O)(=O)N1CCOCC1. The van der Waals surface area contributed by atoms with E-state index in [0.29, 0.717) is 24.3 Å². The van der Waals surface area contributed by atoms with Crippen molar-refractivity contribution in [1.82, 2.24) is 4.31 Å². The van der Waals surface area contributed by atoms with Crippen LogP contribution in [0.3, 0.4) is 0 Å². The van der Waals surface area contributed by atoms with Crippen molar-refractivity contribution < 1.29 is 21.6 Å². The molecule has 2 aromatic carbocycles. The lowest BCUT2D eigenvalue weighted by molar-refractivity contribution is 0.0730. The summed E-state index contributed by atoms with van der Waals surface area (Å²) >= 11 is 0. The lowest BCUT2D eigenvalue weighted by Gasteiger charge is -2.26. The molecule has 0 atom stereocenters. The second-order valence-corrected chi connectivity index (χ2v) is 9.83. The maximum absolute atomic E-state index is 12.9. The first-order valence-electron chi connectivity index (χ1n) is 8.45. The molecule has 2 aromatic rings. The van der Waals surface area contributed by atoms with E-state index >= 15 is 0 Å². The molecule has 0 saturated carbocycles. The number of benzene rings is 2. The largest absolute Gasteiger partial charge is 0.379 e. The highest BCUT2D eigenvalue weighted by Crippen LogP contribution is 2.26. The molecule has 0 aromatic heterocycles. The number of morpholine rings is 1. The molecule has 1 aliphatic rings. The highest BCUT2D eigenvalue weighted by molar-refractivity contribution is 7.92. The van der Waals surface area contributed by atoms with Crippen molar-refractivity contribution in [3.8, 4) is 6.07 Å².